The Labute approximate surface area is 319 Å². The van der Waals surface area contributed by atoms with Crippen LogP contribution in [0.5, 0.6) is 0 Å². The average molecular weight is 708 g/mol. The second-order valence-electron chi connectivity index (χ2n) is 14.8. The quantitative estimate of drug-likeness (QED) is 0.179. The smallest absolute Gasteiger partial charge is 0.167 e. The molecule has 0 aliphatic carbocycles. The molecule has 0 spiro atoms. The number of furan rings is 1. The van der Waals surface area contributed by atoms with E-state index in [4.69, 9.17) is 19.4 Å². The highest BCUT2D eigenvalue weighted by molar-refractivity contribution is 6.10. The molecule has 10 rings (SSSR count). The molecule has 0 atom stereocenters. The molecule has 4 nitrogen and oxygen atoms in total. The van der Waals surface area contributed by atoms with E-state index in [2.05, 4.69) is 161 Å². The third kappa shape index (κ3) is 5.66. The van der Waals surface area contributed by atoms with Crippen LogP contribution in [-0.4, -0.2) is 15.0 Å². The fourth-order valence-corrected chi connectivity index (χ4v) is 8.41. The second kappa shape index (κ2) is 12.9. The van der Waals surface area contributed by atoms with E-state index >= 15 is 0 Å². The number of para-hydroxylation sites is 2. The second-order valence-corrected chi connectivity index (χ2v) is 14.8. The summed E-state index contributed by atoms with van der Waals surface area (Å²) in [5.74, 6) is 1.78. The summed E-state index contributed by atoms with van der Waals surface area (Å²) in [6, 6.07) is 53.7. The first-order chi connectivity index (χ1) is 26.9. The van der Waals surface area contributed by atoms with Crippen LogP contribution in [0.1, 0.15) is 22.3 Å². The summed E-state index contributed by atoms with van der Waals surface area (Å²) >= 11 is 0. The molecule has 0 amide bonds. The monoisotopic (exact) mass is 707 g/mol. The minimum atomic E-state index is 0.564. The van der Waals surface area contributed by atoms with Crippen molar-refractivity contribution in [2.24, 2.45) is 0 Å². The molecule has 0 aliphatic rings. The molecule has 0 fully saturated rings. The van der Waals surface area contributed by atoms with E-state index < -0.39 is 0 Å². The van der Waals surface area contributed by atoms with Crippen LogP contribution in [0.4, 0.5) is 0 Å². The first-order valence-electron chi connectivity index (χ1n) is 18.8. The van der Waals surface area contributed by atoms with Gasteiger partial charge in [-0.1, -0.05) is 150 Å². The Bertz CT molecular complexity index is 2960. The lowest BCUT2D eigenvalue weighted by atomic mass is 9.92. The van der Waals surface area contributed by atoms with E-state index in [9.17, 15) is 0 Å². The number of hydrogen-bond donors (Lipinski definition) is 0. The van der Waals surface area contributed by atoms with Gasteiger partial charge in [-0.2, -0.15) is 0 Å². The summed E-state index contributed by atoms with van der Waals surface area (Å²) in [5, 5.41) is 6.56. The van der Waals surface area contributed by atoms with Crippen molar-refractivity contribution in [3.8, 4) is 56.4 Å². The summed E-state index contributed by atoms with van der Waals surface area (Å²) in [6.07, 6.45) is 0. The Balaban J connectivity index is 1.24. The van der Waals surface area contributed by atoms with Crippen molar-refractivity contribution < 1.29 is 4.42 Å². The van der Waals surface area contributed by atoms with Crippen LogP contribution in [-0.2, 0) is 0 Å². The molecule has 8 aromatic carbocycles. The maximum Gasteiger partial charge on any atom is 0.167 e. The zero-order chi connectivity index (χ0) is 37.2. The van der Waals surface area contributed by atoms with E-state index in [0.29, 0.717) is 17.5 Å². The van der Waals surface area contributed by atoms with Crippen molar-refractivity contribution in [3.63, 3.8) is 0 Å². The van der Waals surface area contributed by atoms with E-state index in [1.54, 1.807) is 0 Å². The van der Waals surface area contributed by atoms with Gasteiger partial charge in [0, 0.05) is 21.9 Å². The normalized spacial score (nSPS) is 11.6. The number of rotatable bonds is 5. The number of nitrogens with zero attached hydrogens (tertiary/aromatic N) is 3. The van der Waals surface area contributed by atoms with Crippen molar-refractivity contribution in [1.29, 1.82) is 0 Å². The molecule has 0 aliphatic heterocycles. The Kier molecular flexibility index (Phi) is 7.67. The van der Waals surface area contributed by atoms with Gasteiger partial charge in [-0.3, -0.25) is 0 Å². The van der Waals surface area contributed by atoms with E-state index in [1.165, 1.54) is 44.5 Å². The molecule has 2 aromatic heterocycles. The number of fused-ring (bicyclic) bond motifs is 5. The van der Waals surface area contributed by atoms with Gasteiger partial charge in [0.2, 0.25) is 0 Å². The number of aryl methyl sites for hydroxylation is 4. The van der Waals surface area contributed by atoms with Gasteiger partial charge in [0.05, 0.1) is 5.56 Å². The Morgan fingerprint density at radius 2 is 0.709 bits per heavy atom. The SMILES string of the molecule is Cc1cc(C)cc(-c2ccc(-c3nc(-c4ccc(-c5cc(C)cc(C)c5)c5ccccc45)nc(-c4cccc5c4oc4ccccc45)n3)c3ccccc23)c1. The third-order valence-electron chi connectivity index (χ3n) is 10.7. The fraction of sp³-hybridized carbons (Fsp3) is 0.0784. The molecule has 0 N–H and O–H groups in total. The lowest BCUT2D eigenvalue weighted by molar-refractivity contribution is 0.669. The minimum Gasteiger partial charge on any atom is -0.455 e. The number of hydrogen-bond acceptors (Lipinski definition) is 4. The molecule has 0 radical (unpaired) electrons. The topological polar surface area (TPSA) is 51.8 Å². The summed E-state index contributed by atoms with van der Waals surface area (Å²) in [7, 11) is 0. The van der Waals surface area contributed by atoms with Crippen LogP contribution in [0.3, 0.4) is 0 Å². The summed E-state index contributed by atoms with van der Waals surface area (Å²) in [4.78, 5) is 15.9. The largest absolute Gasteiger partial charge is 0.455 e. The van der Waals surface area contributed by atoms with Crippen LogP contribution in [0, 0.1) is 27.7 Å². The zero-order valence-corrected chi connectivity index (χ0v) is 31.2. The third-order valence-corrected chi connectivity index (χ3v) is 10.7. The first kappa shape index (κ1) is 32.7. The van der Waals surface area contributed by atoms with Gasteiger partial charge >= 0.3 is 0 Å². The van der Waals surface area contributed by atoms with Crippen LogP contribution in [0.2, 0.25) is 0 Å². The summed E-state index contributed by atoms with van der Waals surface area (Å²) < 4.78 is 6.54. The average Bonchev–Trinajstić information content (AvgIpc) is 3.58. The standard InChI is InChI=1S/C51H37N3O/c1-30-24-31(2)27-34(26-30)36-20-22-44(40-14-7-5-12-38(36)40)49-52-50(54-51(53-49)46-18-11-17-43-42-16-9-10-19-47(42)55-48(43)46)45-23-21-37(39-13-6-8-15-41(39)45)35-28-32(3)25-33(4)29-35/h5-29H,1-4H3. The van der Waals surface area contributed by atoms with Crippen LogP contribution in [0.15, 0.2) is 156 Å². The highest BCUT2D eigenvalue weighted by Gasteiger charge is 2.21. The van der Waals surface area contributed by atoms with Gasteiger partial charge in [0.1, 0.15) is 11.2 Å². The van der Waals surface area contributed by atoms with Gasteiger partial charge in [-0.25, -0.2) is 15.0 Å². The Morgan fingerprint density at radius 1 is 0.327 bits per heavy atom. The van der Waals surface area contributed by atoms with Crippen molar-refractivity contribution in [2.45, 2.75) is 27.7 Å². The molecule has 0 unspecified atom stereocenters. The van der Waals surface area contributed by atoms with Gasteiger partial charge in [0.15, 0.2) is 17.5 Å². The van der Waals surface area contributed by atoms with E-state index in [-0.39, 0.29) is 0 Å². The molecule has 10 aromatic rings. The van der Waals surface area contributed by atoms with E-state index in [0.717, 1.165) is 60.2 Å². The Hall–Kier alpha value is -6.91. The molecule has 55 heavy (non-hydrogen) atoms. The van der Waals surface area contributed by atoms with Crippen LogP contribution in [0.25, 0.3) is 99.9 Å². The van der Waals surface area contributed by atoms with Crippen molar-refractivity contribution in [2.75, 3.05) is 0 Å². The van der Waals surface area contributed by atoms with Crippen LogP contribution < -0.4 is 0 Å². The zero-order valence-electron chi connectivity index (χ0n) is 31.2. The van der Waals surface area contributed by atoms with Gasteiger partial charge in [-0.05, 0) is 95.8 Å². The van der Waals surface area contributed by atoms with E-state index in [1.807, 2.05) is 18.2 Å². The Morgan fingerprint density at radius 3 is 1.20 bits per heavy atom. The molecule has 2 heterocycles. The molecular weight excluding hydrogens is 671 g/mol. The van der Waals surface area contributed by atoms with Crippen molar-refractivity contribution in [1.82, 2.24) is 15.0 Å². The summed E-state index contributed by atoms with van der Waals surface area (Å²) in [6.45, 7) is 8.62. The maximum atomic E-state index is 6.54. The predicted molar refractivity (Wildman–Crippen MR) is 228 cm³/mol. The minimum absolute atomic E-state index is 0.564. The molecule has 4 heteroatoms. The predicted octanol–water partition coefficient (Wildman–Crippen LogP) is 13.6. The fourth-order valence-electron chi connectivity index (χ4n) is 8.41. The molecular formula is C51H37N3O. The van der Waals surface area contributed by atoms with Gasteiger partial charge in [-0.15, -0.1) is 0 Å². The molecule has 0 bridgehead atoms. The summed E-state index contributed by atoms with van der Waals surface area (Å²) in [5.41, 5.74) is 14.0. The number of aromatic nitrogens is 3. The van der Waals surface area contributed by atoms with Gasteiger partial charge in [0.25, 0.3) is 0 Å². The maximum absolute atomic E-state index is 6.54. The molecule has 0 saturated heterocycles. The lowest BCUT2D eigenvalue weighted by Crippen LogP contribution is -2.01. The highest BCUT2D eigenvalue weighted by atomic mass is 16.3. The lowest BCUT2D eigenvalue weighted by Gasteiger charge is -2.15. The molecule has 262 valence electrons. The van der Waals surface area contributed by atoms with Crippen LogP contribution >= 0.6 is 0 Å². The number of benzene rings is 8. The molecule has 0 saturated carbocycles. The van der Waals surface area contributed by atoms with Crippen molar-refractivity contribution >= 4 is 43.5 Å². The van der Waals surface area contributed by atoms with Gasteiger partial charge < -0.3 is 4.42 Å². The first-order valence-corrected chi connectivity index (χ1v) is 18.8. The van der Waals surface area contributed by atoms with Crippen molar-refractivity contribution in [3.05, 3.63) is 174 Å². The highest BCUT2D eigenvalue weighted by Crippen LogP contribution is 2.40.